The van der Waals surface area contributed by atoms with Gasteiger partial charge in [0.15, 0.2) is 11.5 Å². The van der Waals surface area contributed by atoms with Gasteiger partial charge in [0.05, 0.1) is 39.5 Å². The standard InChI is InChI=1S/C22H24N2O5/c1-27-17-6-4-5-16(11-17)24-21(25)12-18(22(24)26)23-8-7-14-9-19(28-2)20(29-3)10-15(14)13-23/h4-6,9-11,18H,7-8,12-13H2,1-3H3/t18-/m1/s1. The molecule has 2 heterocycles. The van der Waals surface area contributed by atoms with Crippen LogP contribution in [0.3, 0.4) is 0 Å². The molecule has 7 heteroatoms. The molecule has 2 amide bonds. The van der Waals surface area contributed by atoms with E-state index < -0.39 is 6.04 Å². The zero-order chi connectivity index (χ0) is 20.5. The van der Waals surface area contributed by atoms with Crippen molar-refractivity contribution in [3.63, 3.8) is 0 Å². The van der Waals surface area contributed by atoms with Gasteiger partial charge in [0.2, 0.25) is 5.91 Å². The predicted octanol–water partition coefficient (Wildman–Crippen LogP) is 2.40. The van der Waals surface area contributed by atoms with E-state index in [-0.39, 0.29) is 18.2 Å². The van der Waals surface area contributed by atoms with Crippen LogP contribution >= 0.6 is 0 Å². The summed E-state index contributed by atoms with van der Waals surface area (Å²) in [5, 5.41) is 0. The number of hydrogen-bond acceptors (Lipinski definition) is 6. The van der Waals surface area contributed by atoms with Gasteiger partial charge >= 0.3 is 0 Å². The number of fused-ring (bicyclic) bond motifs is 1. The minimum absolute atomic E-state index is 0.179. The third-order valence-corrected chi connectivity index (χ3v) is 5.62. The van der Waals surface area contributed by atoms with E-state index in [1.165, 1.54) is 10.5 Å². The number of nitrogens with zero attached hydrogens (tertiary/aromatic N) is 2. The van der Waals surface area contributed by atoms with Crippen LogP contribution < -0.4 is 19.1 Å². The van der Waals surface area contributed by atoms with Crippen LogP contribution in [0.15, 0.2) is 36.4 Å². The highest BCUT2D eigenvalue weighted by Gasteiger charge is 2.43. The van der Waals surface area contributed by atoms with Gasteiger partial charge in [-0.2, -0.15) is 0 Å². The van der Waals surface area contributed by atoms with Crippen molar-refractivity contribution in [1.29, 1.82) is 0 Å². The number of ether oxygens (including phenoxy) is 3. The largest absolute Gasteiger partial charge is 0.497 e. The van der Waals surface area contributed by atoms with Gasteiger partial charge < -0.3 is 14.2 Å². The SMILES string of the molecule is COc1cccc(N2C(=O)C[C@@H](N3CCc4cc(OC)c(OC)cc4C3)C2=O)c1. The van der Waals surface area contributed by atoms with E-state index >= 15 is 0 Å². The summed E-state index contributed by atoms with van der Waals surface area (Å²) in [6, 6.07) is 10.5. The van der Waals surface area contributed by atoms with Crippen LogP contribution in [-0.4, -0.2) is 50.6 Å². The summed E-state index contributed by atoms with van der Waals surface area (Å²) in [7, 11) is 4.79. The number of carbonyl (C=O) groups excluding carboxylic acids is 2. The predicted molar refractivity (Wildman–Crippen MR) is 108 cm³/mol. The summed E-state index contributed by atoms with van der Waals surface area (Å²) in [5.74, 6) is 1.61. The molecule has 29 heavy (non-hydrogen) atoms. The molecule has 0 radical (unpaired) electrons. The van der Waals surface area contributed by atoms with Crippen molar-refractivity contribution in [3.05, 3.63) is 47.5 Å². The van der Waals surface area contributed by atoms with E-state index in [2.05, 4.69) is 4.90 Å². The highest BCUT2D eigenvalue weighted by atomic mass is 16.5. The molecule has 7 nitrogen and oxygen atoms in total. The lowest BCUT2D eigenvalue weighted by atomic mass is 9.97. The van der Waals surface area contributed by atoms with Crippen molar-refractivity contribution in [1.82, 2.24) is 4.90 Å². The summed E-state index contributed by atoms with van der Waals surface area (Å²) in [5.41, 5.74) is 2.82. The molecule has 1 saturated heterocycles. The molecule has 152 valence electrons. The smallest absolute Gasteiger partial charge is 0.251 e. The minimum atomic E-state index is -0.463. The molecule has 0 aliphatic carbocycles. The van der Waals surface area contributed by atoms with Crippen molar-refractivity contribution in [2.75, 3.05) is 32.8 Å². The molecular weight excluding hydrogens is 372 g/mol. The Morgan fingerprint density at radius 3 is 2.34 bits per heavy atom. The Morgan fingerprint density at radius 1 is 0.931 bits per heavy atom. The third kappa shape index (κ3) is 3.42. The molecule has 2 aromatic rings. The number of benzene rings is 2. The van der Waals surface area contributed by atoms with Gasteiger partial charge in [-0.1, -0.05) is 6.07 Å². The Bertz CT molecular complexity index is 958. The lowest BCUT2D eigenvalue weighted by Crippen LogP contribution is -2.44. The number of carbonyl (C=O) groups is 2. The number of hydrogen-bond donors (Lipinski definition) is 0. The Hall–Kier alpha value is -3.06. The highest BCUT2D eigenvalue weighted by Crippen LogP contribution is 2.35. The number of anilines is 1. The Morgan fingerprint density at radius 2 is 1.66 bits per heavy atom. The van der Waals surface area contributed by atoms with Crippen LogP contribution in [0.1, 0.15) is 17.5 Å². The number of methoxy groups -OCH3 is 3. The second kappa shape index (κ2) is 7.75. The minimum Gasteiger partial charge on any atom is -0.497 e. The molecule has 2 aromatic carbocycles. The quantitative estimate of drug-likeness (QED) is 0.723. The molecule has 0 saturated carbocycles. The Balaban J connectivity index is 1.57. The normalized spacial score (nSPS) is 19.3. The van der Waals surface area contributed by atoms with Crippen molar-refractivity contribution >= 4 is 17.5 Å². The van der Waals surface area contributed by atoms with Crippen LogP contribution in [0.25, 0.3) is 0 Å². The molecule has 1 atom stereocenters. The van der Waals surface area contributed by atoms with E-state index in [0.717, 1.165) is 12.0 Å². The van der Waals surface area contributed by atoms with Gasteiger partial charge in [-0.05, 0) is 41.8 Å². The van der Waals surface area contributed by atoms with Crippen molar-refractivity contribution < 1.29 is 23.8 Å². The lowest BCUT2D eigenvalue weighted by molar-refractivity contribution is -0.123. The van der Waals surface area contributed by atoms with Crippen molar-refractivity contribution in [3.8, 4) is 17.2 Å². The van der Waals surface area contributed by atoms with E-state index in [4.69, 9.17) is 14.2 Å². The zero-order valence-corrected chi connectivity index (χ0v) is 16.8. The number of rotatable bonds is 5. The fraction of sp³-hybridized carbons (Fsp3) is 0.364. The maximum absolute atomic E-state index is 13.1. The van der Waals surface area contributed by atoms with Crippen molar-refractivity contribution in [2.24, 2.45) is 0 Å². The molecule has 0 aromatic heterocycles. The van der Waals surface area contributed by atoms with Gasteiger partial charge in [-0.3, -0.25) is 14.5 Å². The topological polar surface area (TPSA) is 68.3 Å². The van der Waals surface area contributed by atoms with Gasteiger partial charge in [0, 0.05) is 19.2 Å². The first-order valence-corrected chi connectivity index (χ1v) is 9.54. The molecule has 2 aliphatic heterocycles. The second-order valence-electron chi connectivity index (χ2n) is 7.19. The molecule has 0 unspecified atom stereocenters. The molecule has 2 aliphatic rings. The highest BCUT2D eigenvalue weighted by molar-refractivity contribution is 6.22. The summed E-state index contributed by atoms with van der Waals surface area (Å²) < 4.78 is 16.0. The van der Waals surface area contributed by atoms with Crippen LogP contribution in [-0.2, 0) is 22.6 Å². The van der Waals surface area contributed by atoms with Crippen LogP contribution in [0, 0.1) is 0 Å². The van der Waals surface area contributed by atoms with E-state index in [9.17, 15) is 9.59 Å². The molecule has 4 rings (SSSR count). The molecule has 1 fully saturated rings. The van der Waals surface area contributed by atoms with E-state index in [1.54, 1.807) is 45.6 Å². The van der Waals surface area contributed by atoms with E-state index in [0.29, 0.717) is 36.0 Å². The summed E-state index contributed by atoms with van der Waals surface area (Å²) in [6.07, 6.45) is 0.964. The van der Waals surface area contributed by atoms with E-state index in [1.807, 2.05) is 12.1 Å². The van der Waals surface area contributed by atoms with Gasteiger partial charge in [0.1, 0.15) is 5.75 Å². The van der Waals surface area contributed by atoms with Crippen LogP contribution in [0.4, 0.5) is 5.69 Å². The molecule has 0 N–H and O–H groups in total. The van der Waals surface area contributed by atoms with Crippen LogP contribution in [0.2, 0.25) is 0 Å². The maximum atomic E-state index is 13.1. The summed E-state index contributed by atoms with van der Waals surface area (Å²) >= 11 is 0. The maximum Gasteiger partial charge on any atom is 0.251 e. The summed E-state index contributed by atoms with van der Waals surface area (Å²) in [4.78, 5) is 29.2. The average Bonchev–Trinajstić information content (AvgIpc) is 3.06. The summed E-state index contributed by atoms with van der Waals surface area (Å²) in [6.45, 7) is 1.30. The number of amides is 2. The number of imide groups is 1. The molecule has 0 spiro atoms. The van der Waals surface area contributed by atoms with Gasteiger partial charge in [0.25, 0.3) is 5.91 Å². The van der Waals surface area contributed by atoms with Gasteiger partial charge in [-0.15, -0.1) is 0 Å². The first-order chi connectivity index (χ1) is 14.0. The fourth-order valence-electron chi connectivity index (χ4n) is 4.09. The zero-order valence-electron chi connectivity index (χ0n) is 16.8. The molecular formula is C22H24N2O5. The third-order valence-electron chi connectivity index (χ3n) is 5.62. The fourth-order valence-corrected chi connectivity index (χ4v) is 4.09. The van der Waals surface area contributed by atoms with Crippen LogP contribution in [0.5, 0.6) is 17.2 Å². The molecule has 0 bridgehead atoms. The Labute approximate surface area is 169 Å². The lowest BCUT2D eigenvalue weighted by Gasteiger charge is -2.32. The average molecular weight is 396 g/mol. The first-order valence-electron chi connectivity index (χ1n) is 9.54. The Kier molecular flexibility index (Phi) is 5.15. The first kappa shape index (κ1) is 19.3. The second-order valence-corrected chi connectivity index (χ2v) is 7.19. The monoisotopic (exact) mass is 396 g/mol. The van der Waals surface area contributed by atoms with Gasteiger partial charge in [-0.25, -0.2) is 4.90 Å². The van der Waals surface area contributed by atoms with Crippen molar-refractivity contribution in [2.45, 2.75) is 25.4 Å².